The molecule has 0 spiro atoms. The molecule has 0 unspecified atom stereocenters. The minimum absolute atomic E-state index is 0.0757. The molecule has 1 heterocycles. The molecule has 0 bridgehead atoms. The largest absolute Gasteiger partial charge is 0.332 e. The Kier molecular flexibility index (Phi) is 8.73. The molecule has 0 aliphatic rings. The molecule has 7 heteroatoms. The number of likely N-dealkylation sites (N-methyl/N-ethyl adjacent to an activating group) is 1. The molecule has 0 aliphatic heterocycles. The molecule has 0 saturated heterocycles. The summed E-state index contributed by atoms with van der Waals surface area (Å²) in [4.78, 5) is 27.2. The fourth-order valence-corrected chi connectivity index (χ4v) is 3.82. The number of nitrogens with one attached hydrogen (secondary N) is 1. The first-order valence-electron chi connectivity index (χ1n) is 12.1. The summed E-state index contributed by atoms with van der Waals surface area (Å²) < 4.78 is 1.69. The maximum absolute atomic E-state index is 12.9. The van der Waals surface area contributed by atoms with Gasteiger partial charge in [0.2, 0.25) is 5.91 Å². The van der Waals surface area contributed by atoms with Crippen LogP contribution in [0.4, 0.5) is 5.82 Å². The maximum atomic E-state index is 12.9. The summed E-state index contributed by atoms with van der Waals surface area (Å²) in [6.45, 7) is 8.30. The molecule has 2 amide bonds. The summed E-state index contributed by atoms with van der Waals surface area (Å²) in [5, 5.41) is 8.26. The number of carbonyl (C=O) groups excluding carboxylic acids is 2. The Morgan fingerprint density at radius 2 is 1.69 bits per heavy atom. The minimum atomic E-state index is -0.299. The summed E-state index contributed by atoms with van der Waals surface area (Å²) in [6.07, 6.45) is 4.54. The molecule has 2 aromatic carbocycles. The third-order valence-electron chi connectivity index (χ3n) is 5.81. The van der Waals surface area contributed by atoms with E-state index in [1.54, 1.807) is 23.9 Å². The van der Waals surface area contributed by atoms with Crippen molar-refractivity contribution >= 4 is 29.2 Å². The summed E-state index contributed by atoms with van der Waals surface area (Å²) in [6, 6.07) is 16.8. The van der Waals surface area contributed by atoms with Crippen LogP contribution in [0.25, 0.3) is 5.69 Å². The van der Waals surface area contributed by atoms with Crippen LogP contribution >= 0.6 is 11.6 Å². The van der Waals surface area contributed by atoms with Gasteiger partial charge in [-0.25, -0.2) is 4.68 Å². The molecule has 1 N–H and O–H groups in total. The van der Waals surface area contributed by atoms with Crippen LogP contribution in [0.15, 0.2) is 54.6 Å². The monoisotopic (exact) mass is 494 g/mol. The lowest BCUT2D eigenvalue weighted by Crippen LogP contribution is -2.35. The van der Waals surface area contributed by atoms with Crippen molar-refractivity contribution in [3.8, 4) is 5.69 Å². The van der Waals surface area contributed by atoms with Crippen molar-refractivity contribution in [3.63, 3.8) is 0 Å². The number of unbranched alkanes of at least 4 members (excludes halogenated alkanes) is 2. The van der Waals surface area contributed by atoms with Gasteiger partial charge in [0.25, 0.3) is 5.91 Å². The van der Waals surface area contributed by atoms with Crippen LogP contribution in [0, 0.1) is 0 Å². The third-order valence-corrected chi connectivity index (χ3v) is 6.07. The van der Waals surface area contributed by atoms with Crippen molar-refractivity contribution in [2.45, 2.75) is 58.8 Å². The van der Waals surface area contributed by atoms with Gasteiger partial charge in [0, 0.05) is 29.1 Å². The fourth-order valence-electron chi connectivity index (χ4n) is 3.70. The number of carbonyl (C=O) groups is 2. The standard InChI is InChI=1S/C28H35ClN4O2/c1-6-7-8-9-20-10-12-21(13-11-20)27(35)32(5)19-26(34)30-25-18-24(28(2,3)4)31-33(25)23-16-14-22(29)15-17-23/h10-18H,6-9,19H2,1-5H3,(H,30,34). The Bertz CT molecular complexity index is 1150. The van der Waals surface area contributed by atoms with Gasteiger partial charge >= 0.3 is 0 Å². The highest BCUT2D eigenvalue weighted by molar-refractivity contribution is 6.30. The van der Waals surface area contributed by atoms with Gasteiger partial charge in [-0.3, -0.25) is 9.59 Å². The van der Waals surface area contributed by atoms with Crippen LogP contribution in [0.5, 0.6) is 0 Å². The fraction of sp³-hybridized carbons (Fsp3) is 0.393. The Labute approximate surface area is 213 Å². The predicted molar refractivity (Wildman–Crippen MR) is 143 cm³/mol. The number of anilines is 1. The number of nitrogens with zero attached hydrogens (tertiary/aromatic N) is 3. The molecule has 35 heavy (non-hydrogen) atoms. The van der Waals surface area contributed by atoms with Gasteiger partial charge in [-0.05, 0) is 54.8 Å². The molecule has 6 nitrogen and oxygen atoms in total. The first kappa shape index (κ1) is 26.5. The van der Waals surface area contributed by atoms with E-state index in [1.807, 2.05) is 42.5 Å². The first-order chi connectivity index (χ1) is 16.6. The van der Waals surface area contributed by atoms with Gasteiger partial charge < -0.3 is 10.2 Å². The van der Waals surface area contributed by atoms with Crippen LogP contribution in [0.2, 0.25) is 5.02 Å². The Balaban J connectivity index is 1.70. The lowest BCUT2D eigenvalue weighted by atomic mass is 9.92. The predicted octanol–water partition coefficient (Wildman–Crippen LogP) is 6.27. The molecule has 3 rings (SSSR count). The average Bonchev–Trinajstić information content (AvgIpc) is 3.24. The van der Waals surface area contributed by atoms with Crippen molar-refractivity contribution < 1.29 is 9.59 Å². The Hall–Kier alpha value is -3.12. The van der Waals surface area contributed by atoms with Crippen LogP contribution in [-0.4, -0.2) is 40.1 Å². The SMILES string of the molecule is CCCCCc1ccc(C(=O)N(C)CC(=O)Nc2cc(C(C)(C)C)nn2-c2ccc(Cl)cc2)cc1. The van der Waals surface area contributed by atoms with E-state index < -0.39 is 0 Å². The van der Waals surface area contributed by atoms with E-state index in [0.717, 1.165) is 24.2 Å². The first-order valence-corrected chi connectivity index (χ1v) is 12.5. The highest BCUT2D eigenvalue weighted by Crippen LogP contribution is 2.27. The van der Waals surface area contributed by atoms with Crippen LogP contribution in [0.3, 0.4) is 0 Å². The van der Waals surface area contributed by atoms with E-state index >= 15 is 0 Å². The zero-order valence-electron chi connectivity index (χ0n) is 21.3. The highest BCUT2D eigenvalue weighted by Gasteiger charge is 2.22. The van der Waals surface area contributed by atoms with Crippen LogP contribution in [-0.2, 0) is 16.6 Å². The van der Waals surface area contributed by atoms with Gasteiger partial charge in [-0.1, -0.05) is 64.3 Å². The number of aryl methyl sites for hydroxylation is 1. The quantitative estimate of drug-likeness (QED) is 0.356. The van der Waals surface area contributed by atoms with E-state index in [9.17, 15) is 9.59 Å². The number of amides is 2. The topological polar surface area (TPSA) is 67.2 Å². The Morgan fingerprint density at radius 1 is 1.03 bits per heavy atom. The number of aromatic nitrogens is 2. The summed E-state index contributed by atoms with van der Waals surface area (Å²) >= 11 is 6.04. The number of halogens is 1. The molecule has 0 aliphatic carbocycles. The van der Waals surface area contributed by atoms with Gasteiger partial charge in [0.1, 0.15) is 5.82 Å². The van der Waals surface area contributed by atoms with Crippen molar-refractivity contribution in [3.05, 3.63) is 76.4 Å². The zero-order chi connectivity index (χ0) is 25.6. The van der Waals surface area contributed by atoms with Crippen LogP contribution < -0.4 is 5.32 Å². The van der Waals surface area contributed by atoms with E-state index in [0.29, 0.717) is 16.4 Å². The van der Waals surface area contributed by atoms with Gasteiger partial charge in [-0.15, -0.1) is 0 Å². The van der Waals surface area contributed by atoms with Crippen molar-refractivity contribution in [2.75, 3.05) is 18.9 Å². The summed E-state index contributed by atoms with van der Waals surface area (Å²) in [5.41, 5.74) is 3.21. The zero-order valence-corrected chi connectivity index (χ0v) is 22.0. The van der Waals surface area contributed by atoms with E-state index in [1.165, 1.54) is 23.3 Å². The molecular formula is C28H35ClN4O2. The lowest BCUT2D eigenvalue weighted by molar-refractivity contribution is -0.116. The van der Waals surface area contributed by atoms with E-state index in [-0.39, 0.29) is 23.8 Å². The lowest BCUT2D eigenvalue weighted by Gasteiger charge is -2.17. The molecule has 3 aromatic rings. The molecular weight excluding hydrogens is 460 g/mol. The maximum Gasteiger partial charge on any atom is 0.254 e. The van der Waals surface area contributed by atoms with Gasteiger partial charge in [-0.2, -0.15) is 5.10 Å². The highest BCUT2D eigenvalue weighted by atomic mass is 35.5. The van der Waals surface area contributed by atoms with Gasteiger partial charge in [0.05, 0.1) is 17.9 Å². The third kappa shape index (κ3) is 7.18. The summed E-state index contributed by atoms with van der Waals surface area (Å²) in [7, 11) is 1.63. The molecule has 0 atom stereocenters. The van der Waals surface area contributed by atoms with E-state index in [2.05, 4.69) is 33.0 Å². The Morgan fingerprint density at radius 3 is 2.29 bits per heavy atom. The molecule has 186 valence electrons. The second kappa shape index (κ2) is 11.5. The second-order valence-corrected chi connectivity index (χ2v) is 10.4. The average molecular weight is 495 g/mol. The molecule has 0 radical (unpaired) electrons. The molecule has 1 aromatic heterocycles. The number of hydrogen-bond acceptors (Lipinski definition) is 3. The number of rotatable bonds is 9. The number of hydrogen-bond donors (Lipinski definition) is 1. The number of benzene rings is 2. The molecule has 0 saturated carbocycles. The van der Waals surface area contributed by atoms with Gasteiger partial charge in [0.15, 0.2) is 0 Å². The van der Waals surface area contributed by atoms with E-state index in [4.69, 9.17) is 16.7 Å². The molecule has 0 fully saturated rings. The van der Waals surface area contributed by atoms with Crippen LogP contribution in [0.1, 0.15) is 68.6 Å². The second-order valence-electron chi connectivity index (χ2n) is 9.92. The smallest absolute Gasteiger partial charge is 0.254 e. The summed E-state index contributed by atoms with van der Waals surface area (Å²) in [5.74, 6) is 0.0500. The van der Waals surface area contributed by atoms with Crippen molar-refractivity contribution in [1.29, 1.82) is 0 Å². The van der Waals surface area contributed by atoms with Crippen molar-refractivity contribution in [2.24, 2.45) is 0 Å². The minimum Gasteiger partial charge on any atom is -0.332 e. The van der Waals surface area contributed by atoms with Crippen molar-refractivity contribution in [1.82, 2.24) is 14.7 Å². The normalized spacial score (nSPS) is 11.4.